The van der Waals surface area contributed by atoms with Crippen LogP contribution in [0, 0.1) is 11.8 Å². The van der Waals surface area contributed by atoms with E-state index >= 15 is 0 Å². The van der Waals surface area contributed by atoms with Gasteiger partial charge in [-0.15, -0.1) is 0 Å². The molecule has 0 aromatic rings. The van der Waals surface area contributed by atoms with Crippen LogP contribution in [0.4, 0.5) is 0 Å². The number of carbonyl (C=O) groups is 1. The van der Waals surface area contributed by atoms with Crippen LogP contribution in [0.15, 0.2) is 0 Å². The third kappa shape index (κ3) is 6.95. The topological polar surface area (TPSA) is 55.1 Å². The van der Waals surface area contributed by atoms with E-state index in [9.17, 15) is 4.79 Å². The van der Waals surface area contributed by atoms with Crippen molar-refractivity contribution in [3.8, 4) is 0 Å². The molecule has 1 atom stereocenters. The minimum atomic E-state index is -0.322. The Kier molecular flexibility index (Phi) is 6.84. The molecule has 19 heavy (non-hydrogen) atoms. The maximum atomic E-state index is 12.3. The summed E-state index contributed by atoms with van der Waals surface area (Å²) in [5.74, 6) is 1.17. The fourth-order valence-corrected chi connectivity index (χ4v) is 2.99. The first-order valence-electron chi connectivity index (χ1n) is 7.99. The number of hydrogen-bond acceptors (Lipinski definition) is 2. The van der Waals surface area contributed by atoms with Crippen LogP contribution in [0.5, 0.6) is 0 Å². The van der Waals surface area contributed by atoms with E-state index in [0.29, 0.717) is 6.54 Å². The van der Waals surface area contributed by atoms with Gasteiger partial charge in [0.2, 0.25) is 5.91 Å². The Morgan fingerprint density at radius 2 is 1.95 bits per heavy atom. The second-order valence-corrected chi connectivity index (χ2v) is 6.93. The van der Waals surface area contributed by atoms with Crippen molar-refractivity contribution in [2.75, 3.05) is 6.54 Å². The Balaban J connectivity index is 2.43. The molecule has 112 valence electrons. The predicted octanol–water partition coefficient (Wildman–Crippen LogP) is 3.23. The number of nitrogens with one attached hydrogen (secondary N) is 1. The minimum Gasteiger partial charge on any atom is -0.354 e. The van der Waals surface area contributed by atoms with Gasteiger partial charge in [0.1, 0.15) is 0 Å². The van der Waals surface area contributed by atoms with Crippen molar-refractivity contribution in [2.45, 2.75) is 77.7 Å². The molecule has 3 heteroatoms. The summed E-state index contributed by atoms with van der Waals surface area (Å²) in [6.07, 6.45) is 9.87. The Bertz CT molecular complexity index is 264. The molecular formula is C16H32N2O. The normalized spacial score (nSPS) is 19.2. The van der Waals surface area contributed by atoms with Crippen LogP contribution >= 0.6 is 0 Å². The van der Waals surface area contributed by atoms with E-state index in [1.165, 1.54) is 32.1 Å². The third-order valence-corrected chi connectivity index (χ3v) is 4.07. The lowest BCUT2D eigenvalue weighted by Crippen LogP contribution is -2.46. The van der Waals surface area contributed by atoms with Crippen molar-refractivity contribution in [2.24, 2.45) is 17.6 Å². The highest BCUT2D eigenvalue weighted by atomic mass is 16.1. The van der Waals surface area contributed by atoms with Crippen molar-refractivity contribution in [1.82, 2.24) is 5.32 Å². The summed E-state index contributed by atoms with van der Waals surface area (Å²) in [5.41, 5.74) is 5.61. The van der Waals surface area contributed by atoms with Crippen molar-refractivity contribution in [3.63, 3.8) is 0 Å². The van der Waals surface area contributed by atoms with Gasteiger partial charge >= 0.3 is 0 Å². The number of hydrogen-bond donors (Lipinski definition) is 2. The fraction of sp³-hybridized carbons (Fsp3) is 0.938. The van der Waals surface area contributed by atoms with Crippen molar-refractivity contribution < 1.29 is 4.79 Å². The number of carbonyl (C=O) groups excluding carboxylic acids is 1. The zero-order valence-corrected chi connectivity index (χ0v) is 13.0. The van der Waals surface area contributed by atoms with Gasteiger partial charge in [-0.1, -0.05) is 45.4 Å². The molecule has 1 saturated carbocycles. The number of amides is 1. The zero-order valence-electron chi connectivity index (χ0n) is 13.0. The van der Waals surface area contributed by atoms with Crippen LogP contribution in [0.25, 0.3) is 0 Å². The first kappa shape index (κ1) is 16.5. The average Bonchev–Trinajstić information content (AvgIpc) is 2.36. The minimum absolute atomic E-state index is 0.190. The largest absolute Gasteiger partial charge is 0.354 e. The smallest absolute Gasteiger partial charge is 0.223 e. The number of rotatable bonds is 7. The van der Waals surface area contributed by atoms with Gasteiger partial charge in [-0.3, -0.25) is 4.79 Å². The molecule has 0 heterocycles. The highest BCUT2D eigenvalue weighted by Crippen LogP contribution is 2.30. The summed E-state index contributed by atoms with van der Waals surface area (Å²) < 4.78 is 0. The van der Waals surface area contributed by atoms with E-state index in [2.05, 4.69) is 12.2 Å². The molecule has 0 radical (unpaired) electrons. The molecule has 1 unspecified atom stereocenters. The molecule has 3 nitrogen and oxygen atoms in total. The van der Waals surface area contributed by atoms with E-state index in [0.717, 1.165) is 25.2 Å². The van der Waals surface area contributed by atoms with Crippen LogP contribution < -0.4 is 11.1 Å². The predicted molar refractivity (Wildman–Crippen MR) is 80.9 cm³/mol. The standard InChI is InChI=1S/C16H32N2O/c1-4-8-14(11-13-9-6-5-7-10-13)15(19)18-12-16(2,3)17/h13-14H,4-12,17H2,1-3H3,(H,18,19). The second kappa shape index (κ2) is 7.88. The van der Waals surface area contributed by atoms with Crippen molar-refractivity contribution in [1.29, 1.82) is 0 Å². The highest BCUT2D eigenvalue weighted by Gasteiger charge is 2.24. The summed E-state index contributed by atoms with van der Waals surface area (Å²) in [6.45, 7) is 6.62. The molecule has 3 N–H and O–H groups in total. The van der Waals surface area contributed by atoms with Crippen LogP contribution in [-0.4, -0.2) is 18.0 Å². The Hall–Kier alpha value is -0.570. The first-order valence-corrected chi connectivity index (χ1v) is 7.99. The van der Waals surface area contributed by atoms with E-state index in [-0.39, 0.29) is 17.4 Å². The van der Waals surface area contributed by atoms with E-state index in [1.807, 2.05) is 13.8 Å². The first-order chi connectivity index (χ1) is 8.92. The van der Waals surface area contributed by atoms with Gasteiger partial charge < -0.3 is 11.1 Å². The highest BCUT2D eigenvalue weighted by molar-refractivity contribution is 5.78. The maximum absolute atomic E-state index is 12.3. The molecule has 1 amide bonds. The van der Waals surface area contributed by atoms with Crippen LogP contribution in [0.2, 0.25) is 0 Å². The molecule has 0 spiro atoms. The van der Waals surface area contributed by atoms with Gasteiger partial charge in [0.15, 0.2) is 0 Å². The third-order valence-electron chi connectivity index (χ3n) is 4.07. The van der Waals surface area contributed by atoms with Gasteiger partial charge in [0.25, 0.3) is 0 Å². The fourth-order valence-electron chi connectivity index (χ4n) is 2.99. The lowest BCUT2D eigenvalue weighted by atomic mass is 9.81. The number of nitrogens with two attached hydrogens (primary N) is 1. The van der Waals surface area contributed by atoms with Gasteiger partial charge in [-0.05, 0) is 32.6 Å². The molecule has 1 rings (SSSR count). The quantitative estimate of drug-likeness (QED) is 0.745. The lowest BCUT2D eigenvalue weighted by molar-refractivity contribution is -0.126. The zero-order chi connectivity index (χ0) is 14.3. The summed E-state index contributed by atoms with van der Waals surface area (Å²) in [5, 5.41) is 3.03. The molecular weight excluding hydrogens is 236 g/mol. The molecule has 0 bridgehead atoms. The van der Waals surface area contributed by atoms with Crippen molar-refractivity contribution in [3.05, 3.63) is 0 Å². The van der Waals surface area contributed by atoms with E-state index in [4.69, 9.17) is 5.73 Å². The van der Waals surface area contributed by atoms with Crippen LogP contribution in [0.3, 0.4) is 0 Å². The molecule has 1 fully saturated rings. The molecule has 0 aromatic carbocycles. The van der Waals surface area contributed by atoms with E-state index in [1.54, 1.807) is 0 Å². The summed E-state index contributed by atoms with van der Waals surface area (Å²) >= 11 is 0. The van der Waals surface area contributed by atoms with E-state index < -0.39 is 0 Å². The van der Waals surface area contributed by atoms with Crippen LogP contribution in [-0.2, 0) is 4.79 Å². The van der Waals surface area contributed by atoms with Crippen LogP contribution in [0.1, 0.15) is 72.1 Å². The second-order valence-electron chi connectivity index (χ2n) is 6.93. The summed E-state index contributed by atoms with van der Waals surface area (Å²) in [6, 6.07) is 0. The maximum Gasteiger partial charge on any atom is 0.223 e. The van der Waals surface area contributed by atoms with Gasteiger partial charge in [-0.25, -0.2) is 0 Å². The molecule has 0 saturated heterocycles. The summed E-state index contributed by atoms with van der Waals surface area (Å²) in [4.78, 5) is 12.3. The molecule has 0 aliphatic heterocycles. The lowest BCUT2D eigenvalue weighted by Gasteiger charge is -2.27. The Labute approximate surface area is 118 Å². The molecule has 1 aliphatic rings. The SMILES string of the molecule is CCCC(CC1CCCCC1)C(=O)NCC(C)(C)N. The summed E-state index contributed by atoms with van der Waals surface area (Å²) in [7, 11) is 0. The average molecular weight is 268 g/mol. The van der Waals surface area contributed by atoms with Gasteiger partial charge in [-0.2, -0.15) is 0 Å². The monoisotopic (exact) mass is 268 g/mol. The van der Waals surface area contributed by atoms with Gasteiger partial charge in [0, 0.05) is 18.0 Å². The van der Waals surface area contributed by atoms with Crippen molar-refractivity contribution >= 4 is 5.91 Å². The van der Waals surface area contributed by atoms with Gasteiger partial charge in [0.05, 0.1) is 0 Å². The molecule has 0 aromatic heterocycles. The Morgan fingerprint density at radius 1 is 1.32 bits per heavy atom. The molecule has 1 aliphatic carbocycles. The Morgan fingerprint density at radius 3 is 2.47 bits per heavy atom.